The Labute approximate surface area is 64.7 Å². The van der Waals surface area contributed by atoms with Crippen LogP contribution >= 0.6 is 0 Å². The molecule has 1 unspecified atom stereocenters. The van der Waals surface area contributed by atoms with Gasteiger partial charge >= 0.3 is 6.16 Å². The van der Waals surface area contributed by atoms with Crippen LogP contribution in [0.1, 0.15) is 6.92 Å². The lowest BCUT2D eigenvalue weighted by molar-refractivity contribution is 0.0156. The fraction of sp³-hybridized carbons (Fsp3) is 0.571. The zero-order valence-electron chi connectivity index (χ0n) is 6.55. The fourth-order valence-corrected chi connectivity index (χ4v) is 0.856. The number of carbonyl (C=O) groups is 1. The molecule has 0 saturated carbocycles. The summed E-state index contributed by atoms with van der Waals surface area (Å²) >= 11 is 0. The first-order valence-electron chi connectivity index (χ1n) is 3.17. The van der Waals surface area contributed by atoms with Crippen molar-refractivity contribution in [1.29, 1.82) is 0 Å². The Morgan fingerprint density at radius 1 is 1.73 bits per heavy atom. The highest BCUT2D eigenvalue weighted by atomic mass is 16.8. The molecule has 1 aliphatic heterocycles. The molecule has 0 N–H and O–H groups in total. The van der Waals surface area contributed by atoms with Crippen molar-refractivity contribution in [3.63, 3.8) is 0 Å². The molecule has 0 aromatic rings. The van der Waals surface area contributed by atoms with Crippen molar-refractivity contribution in [3.05, 3.63) is 12.3 Å². The predicted molar refractivity (Wildman–Crippen MR) is 37.0 cm³/mol. The average Bonchev–Trinajstić information content (AvgIpc) is 2.08. The molecule has 4 nitrogen and oxygen atoms in total. The van der Waals surface area contributed by atoms with E-state index in [9.17, 15) is 4.79 Å². The SMILES string of the molecule is C=C1OC(=O)OC1(C)COC. The van der Waals surface area contributed by atoms with Gasteiger partial charge in [-0.1, -0.05) is 6.58 Å². The lowest BCUT2D eigenvalue weighted by Crippen LogP contribution is -2.31. The highest BCUT2D eigenvalue weighted by molar-refractivity contribution is 5.66. The zero-order chi connectivity index (χ0) is 8.48. The molecule has 1 atom stereocenters. The average molecular weight is 158 g/mol. The van der Waals surface area contributed by atoms with E-state index in [0.717, 1.165) is 0 Å². The molecule has 1 heterocycles. The van der Waals surface area contributed by atoms with Gasteiger partial charge in [0.15, 0.2) is 11.4 Å². The summed E-state index contributed by atoms with van der Waals surface area (Å²) in [7, 11) is 1.52. The Morgan fingerprint density at radius 2 is 2.36 bits per heavy atom. The van der Waals surface area contributed by atoms with Crippen molar-refractivity contribution in [2.75, 3.05) is 13.7 Å². The molecular weight excluding hydrogens is 148 g/mol. The second kappa shape index (κ2) is 2.54. The summed E-state index contributed by atoms with van der Waals surface area (Å²) in [5.41, 5.74) is -0.814. The summed E-state index contributed by atoms with van der Waals surface area (Å²) in [6, 6.07) is 0. The number of carbonyl (C=O) groups excluding carboxylic acids is 1. The number of methoxy groups -OCH3 is 1. The van der Waals surface area contributed by atoms with E-state index in [1.165, 1.54) is 7.11 Å². The molecule has 0 radical (unpaired) electrons. The minimum absolute atomic E-state index is 0.261. The number of rotatable bonds is 2. The normalized spacial score (nSPS) is 30.0. The van der Waals surface area contributed by atoms with Gasteiger partial charge in [0.25, 0.3) is 0 Å². The molecule has 11 heavy (non-hydrogen) atoms. The number of ether oxygens (including phenoxy) is 3. The highest BCUT2D eigenvalue weighted by Gasteiger charge is 2.42. The summed E-state index contributed by atoms with van der Waals surface area (Å²) in [4.78, 5) is 10.6. The molecule has 0 aliphatic carbocycles. The molecule has 0 aromatic carbocycles. The Hall–Kier alpha value is -1.03. The molecule has 1 fully saturated rings. The summed E-state index contributed by atoms with van der Waals surface area (Å²) in [6.45, 7) is 5.47. The smallest absolute Gasteiger partial charge is 0.417 e. The van der Waals surface area contributed by atoms with E-state index in [2.05, 4.69) is 11.3 Å². The van der Waals surface area contributed by atoms with E-state index < -0.39 is 11.8 Å². The van der Waals surface area contributed by atoms with E-state index in [-0.39, 0.29) is 6.61 Å². The lowest BCUT2D eigenvalue weighted by atomic mass is 10.1. The minimum Gasteiger partial charge on any atom is -0.417 e. The van der Waals surface area contributed by atoms with Crippen molar-refractivity contribution in [2.45, 2.75) is 12.5 Å². The third kappa shape index (κ3) is 1.35. The number of hydrogen-bond donors (Lipinski definition) is 0. The van der Waals surface area contributed by atoms with Crippen molar-refractivity contribution in [1.82, 2.24) is 0 Å². The Balaban J connectivity index is 2.70. The molecule has 0 bridgehead atoms. The number of hydrogen-bond acceptors (Lipinski definition) is 4. The largest absolute Gasteiger partial charge is 0.514 e. The summed E-state index contributed by atoms with van der Waals surface area (Å²) in [5, 5.41) is 0. The third-order valence-corrected chi connectivity index (χ3v) is 1.52. The van der Waals surface area contributed by atoms with Crippen LogP contribution in [0.15, 0.2) is 12.3 Å². The molecule has 0 spiro atoms. The second-order valence-corrected chi connectivity index (χ2v) is 2.54. The van der Waals surface area contributed by atoms with Crippen LogP contribution < -0.4 is 0 Å². The first kappa shape index (κ1) is 8.07. The van der Waals surface area contributed by atoms with E-state index in [1.54, 1.807) is 6.92 Å². The van der Waals surface area contributed by atoms with Crippen LogP contribution in [0.4, 0.5) is 4.79 Å². The zero-order valence-corrected chi connectivity index (χ0v) is 6.55. The lowest BCUT2D eigenvalue weighted by Gasteiger charge is -2.18. The summed E-state index contributed by atoms with van der Waals surface area (Å²) in [5.74, 6) is 0.296. The molecule has 0 aromatic heterocycles. The minimum atomic E-state index is -0.814. The quantitative estimate of drug-likeness (QED) is 0.564. The van der Waals surface area contributed by atoms with Crippen molar-refractivity contribution in [2.24, 2.45) is 0 Å². The van der Waals surface area contributed by atoms with Gasteiger partial charge in [0.05, 0.1) is 6.61 Å². The summed E-state index contributed by atoms with van der Waals surface area (Å²) < 4.78 is 14.2. The highest BCUT2D eigenvalue weighted by Crippen LogP contribution is 2.28. The van der Waals surface area contributed by atoms with E-state index in [1.807, 2.05) is 0 Å². The molecule has 1 aliphatic rings. The van der Waals surface area contributed by atoms with Gasteiger partial charge in [-0.15, -0.1) is 0 Å². The number of cyclic esters (lactones) is 2. The topological polar surface area (TPSA) is 44.8 Å². The first-order chi connectivity index (χ1) is 5.08. The maximum Gasteiger partial charge on any atom is 0.514 e. The molecular formula is C7H10O4. The van der Waals surface area contributed by atoms with Gasteiger partial charge < -0.3 is 14.2 Å². The van der Waals surface area contributed by atoms with Crippen LogP contribution in [0, 0.1) is 0 Å². The van der Waals surface area contributed by atoms with Gasteiger partial charge in [0.2, 0.25) is 0 Å². The van der Waals surface area contributed by atoms with Crippen molar-refractivity contribution in [3.8, 4) is 0 Å². The monoisotopic (exact) mass is 158 g/mol. The second-order valence-electron chi connectivity index (χ2n) is 2.54. The van der Waals surface area contributed by atoms with Gasteiger partial charge in [-0.3, -0.25) is 0 Å². The molecule has 0 amide bonds. The van der Waals surface area contributed by atoms with Crippen LogP contribution in [0.3, 0.4) is 0 Å². The molecule has 1 saturated heterocycles. The van der Waals surface area contributed by atoms with Crippen LogP contribution in [0.2, 0.25) is 0 Å². The van der Waals surface area contributed by atoms with E-state index in [0.29, 0.717) is 5.76 Å². The van der Waals surface area contributed by atoms with Crippen molar-refractivity contribution >= 4 is 6.16 Å². The van der Waals surface area contributed by atoms with Gasteiger partial charge in [-0.2, -0.15) is 0 Å². The van der Waals surface area contributed by atoms with E-state index in [4.69, 9.17) is 9.47 Å². The van der Waals surface area contributed by atoms with Crippen LogP contribution in [-0.2, 0) is 14.2 Å². The maximum atomic E-state index is 10.6. The summed E-state index contributed by atoms with van der Waals surface area (Å²) in [6.07, 6.45) is -0.713. The van der Waals surface area contributed by atoms with Gasteiger partial charge in [0.1, 0.15) is 0 Å². The van der Waals surface area contributed by atoms with Crippen LogP contribution in [0.25, 0.3) is 0 Å². The molecule has 62 valence electrons. The first-order valence-corrected chi connectivity index (χ1v) is 3.17. The Kier molecular flexibility index (Phi) is 1.87. The fourth-order valence-electron chi connectivity index (χ4n) is 0.856. The van der Waals surface area contributed by atoms with Gasteiger partial charge in [-0.25, -0.2) is 4.79 Å². The van der Waals surface area contributed by atoms with Crippen molar-refractivity contribution < 1.29 is 19.0 Å². The standard InChI is InChI=1S/C7H10O4/c1-5-7(2,4-9-3)11-6(8)10-5/h1,4H2,2-3H3. The Morgan fingerprint density at radius 3 is 2.73 bits per heavy atom. The predicted octanol–water partition coefficient (Wildman–Crippen LogP) is 1.07. The van der Waals surface area contributed by atoms with Gasteiger partial charge in [0, 0.05) is 7.11 Å². The van der Waals surface area contributed by atoms with Crippen LogP contribution in [0.5, 0.6) is 0 Å². The van der Waals surface area contributed by atoms with Crippen LogP contribution in [-0.4, -0.2) is 25.5 Å². The molecule has 1 rings (SSSR count). The Bertz CT molecular complexity index is 199. The third-order valence-electron chi connectivity index (χ3n) is 1.52. The van der Waals surface area contributed by atoms with E-state index >= 15 is 0 Å². The maximum absolute atomic E-state index is 10.6. The molecule has 4 heteroatoms. The van der Waals surface area contributed by atoms with Gasteiger partial charge in [-0.05, 0) is 6.92 Å².